The average molecular weight is 369 g/mol. The number of carboxylic acids is 1. The van der Waals surface area contributed by atoms with Gasteiger partial charge in [-0.1, -0.05) is 38.3 Å². The molecule has 0 aromatic rings. The second-order valence-corrected chi connectivity index (χ2v) is 5.51. The van der Waals surface area contributed by atoms with Crippen LogP contribution in [0.15, 0.2) is 34.9 Å². The van der Waals surface area contributed by atoms with Gasteiger partial charge in [0, 0.05) is 6.08 Å². The van der Waals surface area contributed by atoms with Crippen molar-refractivity contribution in [3.8, 4) is 0 Å². The molecule has 4 nitrogen and oxygen atoms in total. The van der Waals surface area contributed by atoms with Crippen LogP contribution in [0.2, 0.25) is 0 Å². The fourth-order valence-corrected chi connectivity index (χ4v) is 3.51. The number of hydrogen-bond donors (Lipinski definition) is 1. The SMILES string of the molecule is C=CC(=O)O.CC1C2=C(CCC[CH-]2)C2=C1CCCC2.C[O-].C[O-].[Ti+3]. The molecular weight excluding hydrogens is 340 g/mol. The van der Waals surface area contributed by atoms with Gasteiger partial charge in [-0.15, -0.1) is 12.0 Å². The van der Waals surface area contributed by atoms with E-state index in [0.29, 0.717) is 0 Å². The molecule has 0 fully saturated rings. The molecule has 0 bridgehead atoms. The maximum absolute atomic E-state index is 9.25. The molecule has 24 heavy (non-hydrogen) atoms. The minimum atomic E-state index is -0.981. The summed E-state index contributed by atoms with van der Waals surface area (Å²) < 4.78 is 0. The Bertz CT molecular complexity index is 420. The van der Waals surface area contributed by atoms with Gasteiger partial charge in [0.15, 0.2) is 0 Å². The molecule has 1 N–H and O–H groups in total. The van der Waals surface area contributed by atoms with Gasteiger partial charge >= 0.3 is 27.7 Å². The van der Waals surface area contributed by atoms with Crippen molar-refractivity contribution in [3.05, 3.63) is 41.4 Å². The third kappa shape index (κ3) is 6.98. The topological polar surface area (TPSA) is 83.4 Å². The zero-order chi connectivity index (χ0) is 17.8. The number of fused-ring (bicyclic) bond motifs is 1. The summed E-state index contributed by atoms with van der Waals surface area (Å²) >= 11 is 0. The Labute approximate surface area is 161 Å². The number of hydrogen-bond acceptors (Lipinski definition) is 3. The molecule has 1 atom stereocenters. The van der Waals surface area contributed by atoms with E-state index in [4.69, 9.17) is 15.3 Å². The van der Waals surface area contributed by atoms with Crippen molar-refractivity contribution >= 4 is 5.97 Å². The maximum atomic E-state index is 9.25. The Morgan fingerprint density at radius 2 is 1.62 bits per heavy atom. The second kappa shape index (κ2) is 14.5. The molecular formula is C19H29O4Ti. The molecule has 0 aliphatic heterocycles. The fraction of sp³-hybridized carbons (Fsp3) is 0.579. The Balaban J connectivity index is 0. The summed E-state index contributed by atoms with van der Waals surface area (Å²) in [6.07, 6.45) is 13.1. The summed E-state index contributed by atoms with van der Waals surface area (Å²) in [5.74, 6) is -0.203. The van der Waals surface area contributed by atoms with Crippen molar-refractivity contribution in [1.82, 2.24) is 0 Å². The molecule has 3 rings (SSSR count). The van der Waals surface area contributed by atoms with Crippen molar-refractivity contribution in [2.75, 3.05) is 14.2 Å². The monoisotopic (exact) mass is 369 g/mol. The van der Waals surface area contributed by atoms with Crippen LogP contribution in [0.5, 0.6) is 0 Å². The second-order valence-electron chi connectivity index (χ2n) is 5.51. The van der Waals surface area contributed by atoms with Crippen LogP contribution in [-0.4, -0.2) is 25.3 Å². The van der Waals surface area contributed by atoms with Crippen LogP contribution in [0.25, 0.3) is 0 Å². The van der Waals surface area contributed by atoms with E-state index in [9.17, 15) is 4.79 Å². The third-order valence-electron chi connectivity index (χ3n) is 4.38. The minimum Gasteiger partial charge on any atom is -0.857 e. The Kier molecular flexibility index (Phi) is 15.4. The van der Waals surface area contributed by atoms with E-state index in [1.807, 2.05) is 0 Å². The van der Waals surface area contributed by atoms with Gasteiger partial charge in [0.25, 0.3) is 0 Å². The zero-order valence-corrected chi connectivity index (χ0v) is 16.6. The van der Waals surface area contributed by atoms with Gasteiger partial charge < -0.3 is 15.3 Å². The average Bonchev–Trinajstić information content (AvgIpc) is 2.93. The first-order valence-electron chi connectivity index (χ1n) is 8.10. The first-order chi connectivity index (χ1) is 11.1. The van der Waals surface area contributed by atoms with Crippen molar-refractivity contribution in [2.45, 2.75) is 51.9 Å². The summed E-state index contributed by atoms with van der Waals surface area (Å²) in [6, 6.07) is 0. The summed E-state index contributed by atoms with van der Waals surface area (Å²) in [7, 11) is 1.50. The first kappa shape index (κ1) is 25.4. The number of allylic oxidation sites excluding steroid dienone is 4. The van der Waals surface area contributed by atoms with Crippen molar-refractivity contribution < 1.29 is 41.8 Å². The number of carbonyl (C=O) groups is 1. The van der Waals surface area contributed by atoms with E-state index in [-0.39, 0.29) is 21.7 Å². The third-order valence-corrected chi connectivity index (χ3v) is 4.38. The van der Waals surface area contributed by atoms with Crippen LogP contribution in [0.3, 0.4) is 0 Å². The summed E-state index contributed by atoms with van der Waals surface area (Å²) in [5.41, 5.74) is 7.07. The van der Waals surface area contributed by atoms with Crippen LogP contribution < -0.4 is 10.2 Å². The van der Waals surface area contributed by atoms with E-state index >= 15 is 0 Å². The van der Waals surface area contributed by atoms with Gasteiger partial charge in [-0.05, 0) is 25.2 Å². The quantitative estimate of drug-likeness (QED) is 0.437. The van der Waals surface area contributed by atoms with Crippen molar-refractivity contribution in [2.24, 2.45) is 5.92 Å². The standard InChI is InChI=1S/C14H19.C3H4O2.2CH3O.Ti/c1-10-11-6-2-4-8-13(11)14-9-5-3-7-12(10)14;1-2-3(4)5;2*1-2;/h6,10H,2-5,7-9H2,1H3;2H,1H2,(H,4,5);2*1H3;/q-1;;2*-1;+3. The number of rotatable bonds is 1. The predicted octanol–water partition coefficient (Wildman–Crippen LogP) is 2.40. The van der Waals surface area contributed by atoms with E-state index < -0.39 is 5.97 Å². The summed E-state index contributed by atoms with van der Waals surface area (Å²) in [6.45, 7) is 5.38. The Morgan fingerprint density at radius 3 is 2.17 bits per heavy atom. The van der Waals surface area contributed by atoms with Crippen molar-refractivity contribution in [3.63, 3.8) is 0 Å². The summed E-state index contributed by atoms with van der Waals surface area (Å²) in [4.78, 5) is 9.25. The van der Waals surface area contributed by atoms with Gasteiger partial charge in [0.1, 0.15) is 0 Å². The smallest absolute Gasteiger partial charge is 0.857 e. The molecule has 0 spiro atoms. The fourth-order valence-electron chi connectivity index (χ4n) is 3.51. The Hall–Kier alpha value is -0.806. The molecule has 0 saturated heterocycles. The van der Waals surface area contributed by atoms with Gasteiger partial charge in [0.2, 0.25) is 0 Å². The van der Waals surface area contributed by atoms with Crippen LogP contribution >= 0.6 is 0 Å². The molecule has 0 amide bonds. The molecule has 5 heteroatoms. The molecule has 0 heterocycles. The van der Waals surface area contributed by atoms with Crippen molar-refractivity contribution in [1.29, 1.82) is 0 Å². The molecule has 133 valence electrons. The molecule has 0 saturated carbocycles. The van der Waals surface area contributed by atoms with Gasteiger partial charge in [0.05, 0.1) is 0 Å². The van der Waals surface area contributed by atoms with Crippen LogP contribution in [0.1, 0.15) is 51.9 Å². The van der Waals surface area contributed by atoms with Gasteiger partial charge in [-0.25, -0.2) is 16.8 Å². The number of carboxylic acid groups (broad SMARTS) is 1. The van der Waals surface area contributed by atoms with Crippen LogP contribution in [0, 0.1) is 12.3 Å². The number of aliphatic carboxylic acids is 1. The molecule has 0 aromatic heterocycles. The van der Waals surface area contributed by atoms with Crippen LogP contribution in [-0.2, 0) is 26.5 Å². The zero-order valence-electron chi connectivity index (χ0n) is 15.1. The summed E-state index contributed by atoms with van der Waals surface area (Å²) in [5, 5.41) is 24.1. The molecule has 1 radical (unpaired) electrons. The van der Waals surface area contributed by atoms with E-state index in [0.717, 1.165) is 26.2 Å². The van der Waals surface area contributed by atoms with Gasteiger partial charge in [-0.3, -0.25) is 0 Å². The van der Waals surface area contributed by atoms with E-state index in [1.165, 1.54) is 44.9 Å². The predicted molar refractivity (Wildman–Crippen MR) is 89.5 cm³/mol. The normalized spacial score (nSPS) is 20.1. The first-order valence-corrected chi connectivity index (χ1v) is 8.10. The minimum absolute atomic E-state index is 0. The van der Waals surface area contributed by atoms with Crippen LogP contribution in [0.4, 0.5) is 0 Å². The largest absolute Gasteiger partial charge is 3.00 e. The van der Waals surface area contributed by atoms with E-state index in [2.05, 4.69) is 19.9 Å². The molecule has 3 aliphatic carbocycles. The van der Waals surface area contributed by atoms with Gasteiger partial charge in [-0.2, -0.15) is 19.8 Å². The molecule has 1 unspecified atom stereocenters. The van der Waals surface area contributed by atoms with E-state index in [1.54, 1.807) is 22.3 Å². The maximum Gasteiger partial charge on any atom is 3.00 e. The Morgan fingerprint density at radius 1 is 1.12 bits per heavy atom. The molecule has 3 aliphatic rings. The molecule has 0 aromatic carbocycles.